The highest BCUT2D eigenvalue weighted by Gasteiger charge is 2.36. The van der Waals surface area contributed by atoms with Crippen molar-refractivity contribution in [3.8, 4) is 0 Å². The first kappa shape index (κ1) is 19.4. The zero-order valence-electron chi connectivity index (χ0n) is 14.5. The molecule has 0 saturated heterocycles. The summed E-state index contributed by atoms with van der Waals surface area (Å²) in [5, 5.41) is 5.84. The van der Waals surface area contributed by atoms with E-state index in [2.05, 4.69) is 15.4 Å². The standard InChI is InChI=1S/C17H15F4N5O2/c1-9-7-17(8-18,24-16(22)28-9)11-6-10(2-3-12(11)19)23-14(27)13-4-5-26(25-13)15(20)21/h2-7,15H,8H2,1H3,(H2,22,24)(H,23,27)/t17-/m1/s1. The summed E-state index contributed by atoms with van der Waals surface area (Å²) in [7, 11) is 0. The number of aromatic nitrogens is 2. The molecule has 0 spiro atoms. The predicted molar refractivity (Wildman–Crippen MR) is 92.0 cm³/mol. The van der Waals surface area contributed by atoms with Gasteiger partial charge >= 0.3 is 6.55 Å². The highest BCUT2D eigenvalue weighted by molar-refractivity contribution is 6.02. The number of amides is 1. The largest absolute Gasteiger partial charge is 0.431 e. The van der Waals surface area contributed by atoms with E-state index in [0.717, 1.165) is 18.3 Å². The van der Waals surface area contributed by atoms with Gasteiger partial charge < -0.3 is 15.8 Å². The molecule has 1 aliphatic rings. The van der Waals surface area contributed by atoms with Gasteiger partial charge in [-0.15, -0.1) is 0 Å². The SMILES string of the molecule is CC1=C[C@@](CF)(c2cc(NC(=O)c3ccn(C(F)F)n3)ccc2F)N=C(N)O1. The van der Waals surface area contributed by atoms with Crippen LogP contribution in [0.1, 0.15) is 29.5 Å². The number of benzene rings is 1. The number of ether oxygens (including phenoxy) is 1. The summed E-state index contributed by atoms with van der Waals surface area (Å²) in [6, 6.07) is 4.21. The molecule has 7 nitrogen and oxygen atoms in total. The maximum absolute atomic E-state index is 14.4. The van der Waals surface area contributed by atoms with Crippen LogP contribution < -0.4 is 11.1 Å². The molecule has 0 radical (unpaired) electrons. The third kappa shape index (κ3) is 3.68. The Hall–Kier alpha value is -3.37. The van der Waals surface area contributed by atoms with Gasteiger partial charge in [-0.3, -0.25) is 4.79 Å². The fourth-order valence-corrected chi connectivity index (χ4v) is 2.76. The first-order chi connectivity index (χ1) is 13.2. The number of allylic oxidation sites excluding steroid dienone is 1. The Morgan fingerprint density at radius 3 is 2.75 bits per heavy atom. The van der Waals surface area contributed by atoms with Crippen LogP contribution in [-0.4, -0.2) is 28.4 Å². The Kier molecular flexibility index (Phi) is 5.08. The van der Waals surface area contributed by atoms with Gasteiger partial charge in [0.1, 0.15) is 23.8 Å². The highest BCUT2D eigenvalue weighted by Crippen LogP contribution is 2.35. The molecule has 0 saturated carbocycles. The van der Waals surface area contributed by atoms with E-state index in [1.54, 1.807) is 0 Å². The predicted octanol–water partition coefficient (Wildman–Crippen LogP) is 3.08. The molecular formula is C17H15F4N5O2. The van der Waals surface area contributed by atoms with Gasteiger partial charge in [-0.05, 0) is 37.3 Å². The van der Waals surface area contributed by atoms with Crippen LogP contribution in [0.3, 0.4) is 0 Å². The van der Waals surface area contributed by atoms with Crippen molar-refractivity contribution < 1.29 is 27.1 Å². The fourth-order valence-electron chi connectivity index (χ4n) is 2.76. The Labute approximate surface area is 156 Å². The zero-order chi connectivity index (χ0) is 20.5. The summed E-state index contributed by atoms with van der Waals surface area (Å²) < 4.78 is 58.8. The minimum absolute atomic E-state index is 0.0899. The van der Waals surface area contributed by atoms with Gasteiger partial charge in [-0.1, -0.05) is 0 Å². The number of carbonyl (C=O) groups is 1. The summed E-state index contributed by atoms with van der Waals surface area (Å²) >= 11 is 0. The summed E-state index contributed by atoms with van der Waals surface area (Å²) in [5.74, 6) is -1.34. The molecule has 1 aliphatic heterocycles. The summed E-state index contributed by atoms with van der Waals surface area (Å²) in [5.41, 5.74) is 3.42. The van der Waals surface area contributed by atoms with Gasteiger partial charge in [-0.2, -0.15) is 13.9 Å². The molecule has 0 fully saturated rings. The van der Waals surface area contributed by atoms with Gasteiger partial charge in [0, 0.05) is 17.4 Å². The van der Waals surface area contributed by atoms with Crippen molar-refractivity contribution in [1.29, 1.82) is 0 Å². The number of carbonyl (C=O) groups excluding carboxylic acids is 1. The summed E-state index contributed by atoms with van der Waals surface area (Å²) in [6.45, 7) is -2.49. The van der Waals surface area contributed by atoms with Crippen LogP contribution in [0.15, 0.2) is 47.3 Å². The van der Waals surface area contributed by atoms with Crippen LogP contribution in [-0.2, 0) is 10.3 Å². The number of hydrogen-bond donors (Lipinski definition) is 2. The maximum atomic E-state index is 14.4. The molecule has 1 atom stereocenters. The van der Waals surface area contributed by atoms with E-state index in [1.807, 2.05) is 0 Å². The minimum atomic E-state index is -2.89. The molecule has 28 heavy (non-hydrogen) atoms. The van der Waals surface area contributed by atoms with Crippen LogP contribution in [0.5, 0.6) is 0 Å². The van der Waals surface area contributed by atoms with E-state index in [0.29, 0.717) is 4.68 Å². The van der Waals surface area contributed by atoms with Crippen molar-refractivity contribution in [2.75, 3.05) is 12.0 Å². The molecule has 1 aromatic heterocycles. The maximum Gasteiger partial charge on any atom is 0.333 e. The number of alkyl halides is 3. The molecule has 0 unspecified atom stereocenters. The zero-order valence-corrected chi connectivity index (χ0v) is 14.5. The number of nitrogens with one attached hydrogen (secondary N) is 1. The van der Waals surface area contributed by atoms with Gasteiger partial charge in [0.2, 0.25) is 0 Å². The number of nitrogens with zero attached hydrogens (tertiary/aromatic N) is 3. The van der Waals surface area contributed by atoms with Crippen molar-refractivity contribution in [1.82, 2.24) is 9.78 Å². The molecule has 148 valence electrons. The fraction of sp³-hybridized carbons (Fsp3) is 0.235. The lowest BCUT2D eigenvalue weighted by molar-refractivity contribution is 0.0561. The molecule has 0 bridgehead atoms. The summed E-state index contributed by atoms with van der Waals surface area (Å²) in [6.07, 6.45) is 2.22. The summed E-state index contributed by atoms with van der Waals surface area (Å²) in [4.78, 5) is 16.1. The van der Waals surface area contributed by atoms with E-state index in [9.17, 15) is 22.4 Å². The third-order valence-electron chi connectivity index (χ3n) is 3.95. The Morgan fingerprint density at radius 2 is 2.14 bits per heavy atom. The van der Waals surface area contributed by atoms with Crippen molar-refractivity contribution in [3.05, 3.63) is 59.4 Å². The molecule has 1 aromatic carbocycles. The average Bonchev–Trinajstić information content (AvgIpc) is 3.13. The van der Waals surface area contributed by atoms with Crippen molar-refractivity contribution >= 4 is 17.6 Å². The Bertz CT molecular complexity index is 952. The first-order valence-corrected chi connectivity index (χ1v) is 7.97. The molecule has 2 aromatic rings. The quantitative estimate of drug-likeness (QED) is 0.758. The lowest BCUT2D eigenvalue weighted by atomic mass is 9.89. The second-order valence-corrected chi connectivity index (χ2v) is 5.97. The number of halogens is 4. The van der Waals surface area contributed by atoms with Crippen LogP contribution in [0.2, 0.25) is 0 Å². The third-order valence-corrected chi connectivity index (χ3v) is 3.95. The van der Waals surface area contributed by atoms with E-state index < -0.39 is 30.5 Å². The molecule has 2 heterocycles. The molecule has 3 N–H and O–H groups in total. The van der Waals surface area contributed by atoms with Gasteiger partial charge in [0.25, 0.3) is 11.9 Å². The topological polar surface area (TPSA) is 94.5 Å². The van der Waals surface area contributed by atoms with Crippen LogP contribution >= 0.6 is 0 Å². The van der Waals surface area contributed by atoms with E-state index in [-0.39, 0.29) is 28.7 Å². The average molecular weight is 397 g/mol. The van der Waals surface area contributed by atoms with Crippen LogP contribution in [0.25, 0.3) is 0 Å². The lowest BCUT2D eigenvalue weighted by Crippen LogP contribution is -2.34. The normalized spacial score (nSPS) is 19.1. The number of hydrogen-bond acceptors (Lipinski definition) is 5. The van der Waals surface area contributed by atoms with Crippen LogP contribution in [0, 0.1) is 5.82 Å². The van der Waals surface area contributed by atoms with Gasteiger partial charge in [-0.25, -0.2) is 18.5 Å². The highest BCUT2D eigenvalue weighted by atomic mass is 19.3. The molecule has 3 rings (SSSR count). The minimum Gasteiger partial charge on any atom is -0.431 e. The monoisotopic (exact) mass is 397 g/mol. The van der Waals surface area contributed by atoms with Crippen LogP contribution in [0.4, 0.5) is 23.2 Å². The van der Waals surface area contributed by atoms with E-state index >= 15 is 0 Å². The number of rotatable bonds is 5. The van der Waals surface area contributed by atoms with Gasteiger partial charge in [0.05, 0.1) is 0 Å². The van der Waals surface area contributed by atoms with Crippen molar-refractivity contribution in [2.45, 2.75) is 19.0 Å². The van der Waals surface area contributed by atoms with E-state index in [1.165, 1.54) is 25.1 Å². The smallest absolute Gasteiger partial charge is 0.333 e. The Balaban J connectivity index is 1.93. The molecule has 11 heteroatoms. The molecule has 0 aliphatic carbocycles. The molecular weight excluding hydrogens is 382 g/mol. The van der Waals surface area contributed by atoms with Gasteiger partial charge in [0.15, 0.2) is 5.69 Å². The molecule has 1 amide bonds. The second-order valence-electron chi connectivity index (χ2n) is 5.97. The lowest BCUT2D eigenvalue weighted by Gasteiger charge is -2.29. The first-order valence-electron chi connectivity index (χ1n) is 7.97. The second kappa shape index (κ2) is 7.33. The number of amidine groups is 1. The number of aliphatic imine (C=N–C) groups is 1. The van der Waals surface area contributed by atoms with E-state index in [4.69, 9.17) is 10.5 Å². The Morgan fingerprint density at radius 1 is 1.39 bits per heavy atom. The van der Waals surface area contributed by atoms with Crippen molar-refractivity contribution in [2.24, 2.45) is 10.7 Å². The number of nitrogens with two attached hydrogens (primary N) is 1. The van der Waals surface area contributed by atoms with Crippen molar-refractivity contribution in [3.63, 3.8) is 0 Å². The number of anilines is 1.